The van der Waals surface area contributed by atoms with Gasteiger partial charge in [0.1, 0.15) is 9.22 Å². The van der Waals surface area contributed by atoms with Crippen molar-refractivity contribution < 1.29 is 8.42 Å². The number of nitrogens with zero attached hydrogens (tertiary/aromatic N) is 4. The van der Waals surface area contributed by atoms with E-state index in [-0.39, 0.29) is 5.41 Å². The van der Waals surface area contributed by atoms with Gasteiger partial charge < -0.3 is 4.90 Å². The molecule has 0 radical (unpaired) electrons. The second-order valence-corrected chi connectivity index (χ2v) is 13.4. The van der Waals surface area contributed by atoms with Crippen molar-refractivity contribution in [2.75, 3.05) is 46.3 Å². The lowest BCUT2D eigenvalue weighted by molar-refractivity contribution is 0.0893. The van der Waals surface area contributed by atoms with E-state index in [1.165, 1.54) is 24.2 Å². The Hall–Kier alpha value is -0.840. The first-order valence-electron chi connectivity index (χ1n) is 10.6. The second kappa shape index (κ2) is 8.60. The summed E-state index contributed by atoms with van der Waals surface area (Å²) >= 11 is 2.89. The molecule has 2 aromatic heterocycles. The molecule has 0 saturated carbocycles. The molecular weight excluding hydrogens is 436 g/mol. The maximum absolute atomic E-state index is 13.2. The molecule has 4 rings (SSSR count). The Morgan fingerprint density at radius 3 is 2.27 bits per heavy atom. The molecule has 9 heteroatoms. The zero-order valence-corrected chi connectivity index (χ0v) is 20.7. The highest BCUT2D eigenvalue weighted by molar-refractivity contribution is 7.91. The summed E-state index contributed by atoms with van der Waals surface area (Å²) in [6.45, 7) is 11.5. The van der Waals surface area contributed by atoms with Crippen LogP contribution in [-0.4, -0.2) is 79.9 Å². The minimum atomic E-state index is -3.44. The minimum Gasteiger partial charge on any atom is -0.306 e. The normalized spacial score (nSPS) is 21.3. The number of piperidine rings is 1. The molecule has 0 N–H and O–H groups in total. The average Bonchev–Trinajstić information content (AvgIpc) is 3.38. The molecule has 0 bridgehead atoms. The van der Waals surface area contributed by atoms with Crippen molar-refractivity contribution in [1.82, 2.24) is 19.1 Å². The number of sulfonamides is 1. The standard InChI is InChI=1S/C21H32N4O2S3/c1-21(2,3)18-15-29-20(22-18)16-13-19(28-14-16)30(26,27)25-11-9-24(10-12-25)17-5-7-23(4)8-6-17/h13-15,17H,5-12H2,1-4H3. The number of aromatic nitrogens is 1. The van der Waals surface area contributed by atoms with E-state index in [1.54, 1.807) is 21.7 Å². The molecule has 2 fully saturated rings. The van der Waals surface area contributed by atoms with Crippen LogP contribution in [0.5, 0.6) is 0 Å². The van der Waals surface area contributed by atoms with Crippen molar-refractivity contribution in [2.45, 2.75) is 49.3 Å². The van der Waals surface area contributed by atoms with Crippen molar-refractivity contribution in [2.24, 2.45) is 0 Å². The Bertz CT molecular complexity index is 961. The van der Waals surface area contributed by atoms with Gasteiger partial charge in [0, 0.05) is 54.0 Å². The lowest BCUT2D eigenvalue weighted by atomic mass is 9.93. The molecule has 166 valence electrons. The molecule has 0 atom stereocenters. The molecule has 4 heterocycles. The quantitative estimate of drug-likeness (QED) is 0.687. The summed E-state index contributed by atoms with van der Waals surface area (Å²) in [4.78, 5) is 9.60. The van der Waals surface area contributed by atoms with Crippen LogP contribution < -0.4 is 0 Å². The van der Waals surface area contributed by atoms with Gasteiger partial charge in [0.05, 0.1) is 5.69 Å². The van der Waals surface area contributed by atoms with Crippen molar-refractivity contribution in [1.29, 1.82) is 0 Å². The highest BCUT2D eigenvalue weighted by Crippen LogP contribution is 2.34. The summed E-state index contributed by atoms with van der Waals surface area (Å²) in [5, 5.41) is 4.89. The van der Waals surface area contributed by atoms with Crippen molar-refractivity contribution >= 4 is 32.7 Å². The zero-order valence-electron chi connectivity index (χ0n) is 18.3. The Morgan fingerprint density at radius 2 is 1.67 bits per heavy atom. The Kier molecular flexibility index (Phi) is 6.41. The van der Waals surface area contributed by atoms with E-state index in [0.29, 0.717) is 23.3 Å². The van der Waals surface area contributed by atoms with Gasteiger partial charge in [0.2, 0.25) is 0 Å². The van der Waals surface area contributed by atoms with Crippen LogP contribution in [0.25, 0.3) is 10.6 Å². The highest BCUT2D eigenvalue weighted by Gasteiger charge is 2.33. The van der Waals surface area contributed by atoms with Crippen molar-refractivity contribution in [3.63, 3.8) is 0 Å². The number of thiophene rings is 1. The first-order valence-corrected chi connectivity index (χ1v) is 13.8. The van der Waals surface area contributed by atoms with E-state index >= 15 is 0 Å². The van der Waals surface area contributed by atoms with Crippen LogP contribution in [0.2, 0.25) is 0 Å². The summed E-state index contributed by atoms with van der Waals surface area (Å²) in [5.74, 6) is 0. The van der Waals surface area contributed by atoms with Crippen LogP contribution in [0.3, 0.4) is 0 Å². The molecule has 2 aliphatic rings. The first kappa shape index (κ1) is 22.4. The molecule has 0 spiro atoms. The molecule has 2 aromatic rings. The largest absolute Gasteiger partial charge is 0.306 e. The molecule has 30 heavy (non-hydrogen) atoms. The number of rotatable bonds is 4. The van der Waals surface area contributed by atoms with E-state index in [9.17, 15) is 8.42 Å². The van der Waals surface area contributed by atoms with Crippen LogP contribution in [0.1, 0.15) is 39.3 Å². The third-order valence-electron chi connectivity index (χ3n) is 6.17. The summed E-state index contributed by atoms with van der Waals surface area (Å²) in [6, 6.07) is 2.40. The maximum atomic E-state index is 13.2. The Morgan fingerprint density at radius 1 is 1.00 bits per heavy atom. The minimum absolute atomic E-state index is 0.00684. The fraction of sp³-hybridized carbons (Fsp3) is 0.667. The van der Waals surface area contributed by atoms with E-state index < -0.39 is 10.0 Å². The third-order valence-corrected chi connectivity index (χ3v) is 10.4. The molecule has 6 nitrogen and oxygen atoms in total. The van der Waals surface area contributed by atoms with E-state index in [0.717, 1.165) is 42.4 Å². The summed E-state index contributed by atoms with van der Waals surface area (Å²) in [6.07, 6.45) is 2.36. The van der Waals surface area contributed by atoms with E-state index in [2.05, 4.69) is 43.0 Å². The molecule has 0 amide bonds. The topological polar surface area (TPSA) is 56.8 Å². The predicted molar refractivity (Wildman–Crippen MR) is 125 cm³/mol. The van der Waals surface area contributed by atoms with E-state index in [1.807, 2.05) is 5.38 Å². The van der Waals surface area contributed by atoms with Gasteiger partial charge in [-0.2, -0.15) is 4.31 Å². The lowest BCUT2D eigenvalue weighted by Crippen LogP contribution is -2.53. The Labute approximate surface area is 188 Å². The molecular formula is C21H32N4O2S3. The number of likely N-dealkylation sites (tertiary alicyclic amines) is 1. The van der Waals surface area contributed by atoms with Crippen LogP contribution >= 0.6 is 22.7 Å². The predicted octanol–water partition coefficient (Wildman–Crippen LogP) is 3.57. The monoisotopic (exact) mass is 468 g/mol. The van der Waals surface area contributed by atoms with Gasteiger partial charge in [-0.25, -0.2) is 13.4 Å². The van der Waals surface area contributed by atoms with Crippen LogP contribution in [0.15, 0.2) is 21.0 Å². The number of piperazine rings is 1. The van der Waals surface area contributed by atoms with Crippen molar-refractivity contribution in [3.8, 4) is 10.6 Å². The number of hydrogen-bond donors (Lipinski definition) is 0. The second-order valence-electron chi connectivity index (χ2n) is 9.42. The van der Waals surface area contributed by atoms with E-state index in [4.69, 9.17) is 4.98 Å². The first-order chi connectivity index (χ1) is 14.1. The van der Waals surface area contributed by atoms with Gasteiger partial charge in [0.15, 0.2) is 0 Å². The molecule has 2 saturated heterocycles. The molecule has 0 aliphatic carbocycles. The third kappa shape index (κ3) is 4.66. The van der Waals surface area contributed by atoms with Crippen LogP contribution in [0.4, 0.5) is 0 Å². The average molecular weight is 469 g/mol. The summed E-state index contributed by atoms with van der Waals surface area (Å²) < 4.78 is 28.5. The number of thiazole rings is 1. The summed E-state index contributed by atoms with van der Waals surface area (Å²) in [7, 11) is -1.27. The lowest BCUT2D eigenvalue weighted by Gasteiger charge is -2.41. The highest BCUT2D eigenvalue weighted by atomic mass is 32.2. The SMILES string of the molecule is CN1CCC(N2CCN(S(=O)(=O)c3cc(-c4nc(C(C)(C)C)cs4)cs3)CC2)CC1. The fourth-order valence-electron chi connectivity index (χ4n) is 4.11. The van der Waals surface area contributed by atoms with Crippen molar-refractivity contribution in [3.05, 3.63) is 22.5 Å². The van der Waals surface area contributed by atoms with Gasteiger partial charge in [-0.1, -0.05) is 20.8 Å². The molecule has 2 aliphatic heterocycles. The number of hydrogen-bond acceptors (Lipinski definition) is 7. The van der Waals surface area contributed by atoms with Gasteiger partial charge in [-0.15, -0.1) is 22.7 Å². The van der Waals surface area contributed by atoms with Gasteiger partial charge >= 0.3 is 0 Å². The molecule has 0 unspecified atom stereocenters. The Balaban J connectivity index is 1.42. The summed E-state index contributed by atoms with van der Waals surface area (Å²) in [5.41, 5.74) is 1.94. The van der Waals surface area contributed by atoms with Gasteiger partial charge in [0.25, 0.3) is 10.0 Å². The maximum Gasteiger partial charge on any atom is 0.252 e. The smallest absolute Gasteiger partial charge is 0.252 e. The fourth-order valence-corrected chi connectivity index (χ4v) is 7.96. The zero-order chi connectivity index (χ0) is 21.5. The van der Waals surface area contributed by atoms with Gasteiger partial charge in [-0.05, 0) is 39.0 Å². The van der Waals surface area contributed by atoms with Gasteiger partial charge in [-0.3, -0.25) is 4.90 Å². The molecule has 0 aromatic carbocycles. The van der Waals surface area contributed by atoms with Crippen LogP contribution in [0, 0.1) is 0 Å². The van der Waals surface area contributed by atoms with Crippen LogP contribution in [-0.2, 0) is 15.4 Å².